The molecule has 0 radical (unpaired) electrons. The Bertz CT molecular complexity index is 3590. The minimum absolute atomic E-state index is 0.00227. The maximum absolute atomic E-state index is 13.1. The predicted molar refractivity (Wildman–Crippen MR) is 352 cm³/mol. The van der Waals surface area contributed by atoms with Crippen molar-refractivity contribution in [3.8, 4) is 24.2 Å². The van der Waals surface area contributed by atoms with Crippen molar-refractivity contribution < 1.29 is 28.5 Å². The number of aryl methyl sites for hydroxylation is 2. The van der Waals surface area contributed by atoms with Crippen molar-refractivity contribution in [1.82, 2.24) is 54.2 Å². The van der Waals surface area contributed by atoms with Gasteiger partial charge in [-0.2, -0.15) is 40.7 Å². The van der Waals surface area contributed by atoms with Gasteiger partial charge in [-0.15, -0.1) is 0 Å². The first-order valence-corrected chi connectivity index (χ1v) is 33.1. The number of benzene rings is 2. The number of nitrogens with zero attached hydrogens (tertiary/aromatic N) is 17. The standard InChI is InChI=1S/C36H51N9O4.C32H44N8O2/c1-24-11-12-30-28(20-38-45(30)31-10-8-9-19-47-31)32(24)42-16-14-27-29(23-42)39-34(48-25(2)21-41(6)7)40-33(27)43-17-18-44(26(22-43)13-15-37)35(46)49-36(3,4)5;1-22-10-11-28-26(18-34-40(28)29-9-5-6-17-41-29)30(22)38-16-13-25-27(21-38)35-32(42-23(2)19-37(3)4)36-31(25)39-15-7-8-24(20-39)12-14-33/h11-12,20,25-26,31H,8-10,13-14,16-19,21-23H2,1-7H3;10-11,18,23-24,29H,5-9,12-13,15-17,19-21H2,1-4H3/t25-,26?,31?;23-,24?,29?/m11/s1. The molecule has 4 aromatic heterocycles. The second kappa shape index (κ2) is 28.5. The molecule has 0 saturated carbocycles. The zero-order valence-corrected chi connectivity index (χ0v) is 55.7. The number of nitriles is 2. The second-order valence-electron chi connectivity index (χ2n) is 27.3. The van der Waals surface area contributed by atoms with Crippen molar-refractivity contribution in [3.05, 3.63) is 70.3 Å². The van der Waals surface area contributed by atoms with Gasteiger partial charge < -0.3 is 58.0 Å². The number of aromatic nitrogens is 8. The third-order valence-electron chi connectivity index (χ3n) is 18.2. The zero-order valence-electron chi connectivity index (χ0n) is 55.7. The van der Waals surface area contributed by atoms with Crippen molar-refractivity contribution >= 4 is 50.9 Å². The van der Waals surface area contributed by atoms with Crippen LogP contribution >= 0.6 is 0 Å². The summed E-state index contributed by atoms with van der Waals surface area (Å²) in [5.74, 6) is 2.18. The largest absolute Gasteiger partial charge is 0.459 e. The Morgan fingerprint density at radius 2 is 1.14 bits per heavy atom. The highest BCUT2D eigenvalue weighted by Gasteiger charge is 2.38. The van der Waals surface area contributed by atoms with E-state index in [2.05, 4.69) is 91.3 Å². The van der Waals surface area contributed by atoms with Crippen LogP contribution in [0.15, 0.2) is 36.7 Å². The van der Waals surface area contributed by atoms with Gasteiger partial charge in [-0.05, 0) is 170 Å². The number of carbonyl (C=O) groups excluding carboxylic acids is 1. The average Bonchev–Trinajstić information content (AvgIpc) is 1.77. The van der Waals surface area contributed by atoms with E-state index in [1.54, 1.807) is 4.90 Å². The molecule has 0 spiro atoms. The van der Waals surface area contributed by atoms with E-state index in [0.29, 0.717) is 57.1 Å². The van der Waals surface area contributed by atoms with Crippen molar-refractivity contribution in [1.29, 1.82) is 10.5 Å². The molecule has 0 aliphatic carbocycles. The highest BCUT2D eigenvalue weighted by atomic mass is 16.6. The number of fused-ring (bicyclic) bond motifs is 4. The van der Waals surface area contributed by atoms with E-state index in [1.807, 2.05) is 73.0 Å². The van der Waals surface area contributed by atoms with Gasteiger partial charge in [-0.1, -0.05) is 12.1 Å². The summed E-state index contributed by atoms with van der Waals surface area (Å²) in [6, 6.07) is 13.8. The predicted octanol–water partition coefficient (Wildman–Crippen LogP) is 9.92. The van der Waals surface area contributed by atoms with Gasteiger partial charge in [0.25, 0.3) is 0 Å². The molecular formula is C68H95N17O6. The number of hydrogen-bond acceptors (Lipinski definition) is 20. The summed E-state index contributed by atoms with van der Waals surface area (Å²) in [5, 5.41) is 31.0. The van der Waals surface area contributed by atoms with E-state index < -0.39 is 11.7 Å². The van der Waals surface area contributed by atoms with Crippen LogP contribution in [0, 0.1) is 42.4 Å². The maximum atomic E-state index is 13.1. The monoisotopic (exact) mass is 1250 g/mol. The fourth-order valence-corrected chi connectivity index (χ4v) is 14.3. The lowest BCUT2D eigenvalue weighted by Crippen LogP contribution is -2.56. The van der Waals surface area contributed by atoms with Gasteiger partial charge in [0.2, 0.25) is 0 Å². The van der Waals surface area contributed by atoms with Gasteiger partial charge in [0, 0.05) is 100 Å². The average molecular weight is 1250 g/mol. The third-order valence-corrected chi connectivity index (χ3v) is 18.2. The number of piperazine rings is 1. The summed E-state index contributed by atoms with van der Waals surface area (Å²) < 4.78 is 34.7. The molecule has 4 fully saturated rings. The van der Waals surface area contributed by atoms with Crippen molar-refractivity contribution in [2.45, 2.75) is 175 Å². The van der Waals surface area contributed by atoms with Crippen LogP contribution in [0.3, 0.4) is 0 Å². The highest BCUT2D eigenvalue weighted by molar-refractivity contribution is 5.95. The van der Waals surface area contributed by atoms with E-state index in [9.17, 15) is 15.3 Å². The molecule has 91 heavy (non-hydrogen) atoms. The number of hydrogen-bond donors (Lipinski definition) is 0. The van der Waals surface area contributed by atoms with Crippen LogP contribution in [0.1, 0.15) is 145 Å². The Morgan fingerprint density at radius 1 is 0.637 bits per heavy atom. The first-order chi connectivity index (χ1) is 43.8. The van der Waals surface area contributed by atoms with E-state index in [0.717, 1.165) is 166 Å². The number of piperidine rings is 1. The quantitative estimate of drug-likeness (QED) is 0.0879. The Morgan fingerprint density at radius 3 is 1.60 bits per heavy atom. The third kappa shape index (κ3) is 15.0. The molecule has 488 valence electrons. The van der Waals surface area contributed by atoms with Gasteiger partial charge in [0.05, 0.1) is 83.9 Å². The lowest BCUT2D eigenvalue weighted by Gasteiger charge is -2.42. The van der Waals surface area contributed by atoms with Crippen LogP contribution < -0.4 is 29.1 Å². The Labute approximate surface area is 537 Å². The summed E-state index contributed by atoms with van der Waals surface area (Å²) in [7, 11) is 8.13. The molecule has 6 aliphatic rings. The first kappa shape index (κ1) is 64.9. The molecule has 0 N–H and O–H groups in total. The molecular weight excluding hydrogens is 1150 g/mol. The maximum Gasteiger partial charge on any atom is 0.410 e. The fraction of sp³-hybridized carbons (Fsp3) is 0.632. The summed E-state index contributed by atoms with van der Waals surface area (Å²) in [5.41, 5.74) is 10.6. The van der Waals surface area contributed by atoms with E-state index in [4.69, 9.17) is 53.8 Å². The number of anilines is 4. The summed E-state index contributed by atoms with van der Waals surface area (Å²) in [6.45, 7) is 23.2. The van der Waals surface area contributed by atoms with E-state index in [1.165, 1.54) is 28.8 Å². The number of carbonyl (C=O) groups is 1. The van der Waals surface area contributed by atoms with Crippen LogP contribution in [0.4, 0.5) is 27.8 Å². The number of amides is 1. The Balaban J connectivity index is 0.000000189. The molecule has 6 aromatic rings. The topological polar surface area (TPSA) is 221 Å². The van der Waals surface area contributed by atoms with Gasteiger partial charge >= 0.3 is 18.1 Å². The lowest BCUT2D eigenvalue weighted by molar-refractivity contribution is -0.0367. The Hall–Kier alpha value is -7.57. The van der Waals surface area contributed by atoms with Gasteiger partial charge in [-0.25, -0.2) is 14.2 Å². The van der Waals surface area contributed by atoms with Crippen LogP contribution in [0.5, 0.6) is 12.0 Å². The minimum Gasteiger partial charge on any atom is -0.459 e. The van der Waals surface area contributed by atoms with Crippen LogP contribution in [-0.4, -0.2) is 184 Å². The SMILES string of the molecule is Cc1ccc2c(cnn2C2CCCCO2)c1N1CCc2c(nc(O[C@H](C)CN(C)C)nc2N2CCCC(CC#N)C2)C1.Cc1ccc2c(cnn2C2CCCCO2)c1N1CCc2c(nc(O[C@H](C)CN(C)C)nc2N2CCN(C(=O)OC(C)(C)C)C(CC#N)C2)C1. The summed E-state index contributed by atoms with van der Waals surface area (Å²) in [6.07, 6.45) is 14.4. The molecule has 12 rings (SSSR count). The molecule has 6 aliphatic heterocycles. The summed E-state index contributed by atoms with van der Waals surface area (Å²) in [4.78, 5) is 48.5. The van der Waals surface area contributed by atoms with Crippen molar-refractivity contribution in [2.75, 3.05) is 120 Å². The van der Waals surface area contributed by atoms with Gasteiger partial charge in [0.1, 0.15) is 29.4 Å². The number of likely N-dealkylation sites (N-methyl/N-ethyl adjacent to an activating group) is 2. The molecule has 1 amide bonds. The first-order valence-electron chi connectivity index (χ1n) is 33.1. The van der Waals surface area contributed by atoms with Crippen LogP contribution in [0.25, 0.3) is 21.8 Å². The molecule has 4 saturated heterocycles. The number of ether oxygens (including phenoxy) is 5. The van der Waals surface area contributed by atoms with Gasteiger partial charge in [0.15, 0.2) is 12.5 Å². The molecule has 23 nitrogen and oxygen atoms in total. The summed E-state index contributed by atoms with van der Waals surface area (Å²) >= 11 is 0. The normalized spacial score (nSPS) is 21.2. The Kier molecular flexibility index (Phi) is 20.4. The minimum atomic E-state index is -0.622. The van der Waals surface area contributed by atoms with Crippen LogP contribution in [0.2, 0.25) is 0 Å². The molecule has 6 atom stereocenters. The second-order valence-corrected chi connectivity index (χ2v) is 27.3. The van der Waals surface area contributed by atoms with Crippen molar-refractivity contribution in [3.63, 3.8) is 0 Å². The van der Waals surface area contributed by atoms with Gasteiger partial charge in [-0.3, -0.25) is 0 Å². The molecule has 4 unspecified atom stereocenters. The van der Waals surface area contributed by atoms with Crippen molar-refractivity contribution in [2.24, 2.45) is 5.92 Å². The van der Waals surface area contributed by atoms with E-state index >= 15 is 0 Å². The molecule has 23 heteroatoms. The fourth-order valence-electron chi connectivity index (χ4n) is 14.3. The highest BCUT2D eigenvalue weighted by Crippen LogP contribution is 2.41. The van der Waals surface area contributed by atoms with E-state index in [-0.39, 0.29) is 37.1 Å². The van der Waals surface area contributed by atoms with Crippen LogP contribution in [-0.2, 0) is 40.1 Å². The smallest absolute Gasteiger partial charge is 0.410 e. The zero-order chi connectivity index (χ0) is 64.1. The number of rotatable bonds is 16. The lowest BCUT2D eigenvalue weighted by atomic mass is 9.94. The molecule has 10 heterocycles. The molecule has 2 aromatic carbocycles. The molecule has 0 bridgehead atoms.